The van der Waals surface area contributed by atoms with E-state index < -0.39 is 29.7 Å². The molecule has 0 saturated heterocycles. The van der Waals surface area contributed by atoms with Crippen molar-refractivity contribution >= 4 is 58.0 Å². The molecule has 11 heteroatoms. The standard InChI is InChI=1S/C32H24ClF2N5O2.ClH/c33-27-17-23(40-20-21-7-1-3-10-28(21)38-40)12-13-25(27)31(42)39-16-14-32(34,35)26(24-9-2-4-11-29(24)39)18-30(41)37-19-22-8-5-6-15-36-22;/h1-13,15,17-18,20H,14,16,19H2,(H,37,41);1H/b26-18-;. The number of hydrogen-bond donors (Lipinski definition) is 1. The number of carbonyl (C=O) groups is 2. The molecule has 0 unspecified atom stereocenters. The van der Waals surface area contributed by atoms with E-state index in [9.17, 15) is 9.59 Å². The average Bonchev–Trinajstić information content (AvgIpc) is 3.40. The zero-order valence-corrected chi connectivity index (χ0v) is 24.2. The number of pyridine rings is 1. The minimum atomic E-state index is -3.37. The van der Waals surface area contributed by atoms with E-state index in [2.05, 4.69) is 15.4 Å². The number of rotatable bonds is 5. The number of para-hydroxylation sites is 1. The van der Waals surface area contributed by atoms with Crippen LogP contribution in [-0.2, 0) is 11.3 Å². The lowest BCUT2D eigenvalue weighted by atomic mass is 9.97. The molecule has 0 aliphatic carbocycles. The van der Waals surface area contributed by atoms with Crippen LogP contribution in [0.3, 0.4) is 0 Å². The van der Waals surface area contributed by atoms with Crippen LogP contribution >= 0.6 is 24.0 Å². The Labute approximate surface area is 257 Å². The number of halogens is 4. The SMILES string of the molecule is Cl.O=C(/C=C1/c2ccccc2N(C(=O)c2ccc(-n3cc4ccccc4n3)cc2Cl)CCC1(F)F)NCc1ccccn1. The fourth-order valence-corrected chi connectivity index (χ4v) is 5.22. The number of benzene rings is 3. The lowest BCUT2D eigenvalue weighted by Crippen LogP contribution is -2.33. The highest BCUT2D eigenvalue weighted by atomic mass is 35.5. The first-order valence-corrected chi connectivity index (χ1v) is 13.6. The average molecular weight is 620 g/mol. The Bertz CT molecular complexity index is 1810. The van der Waals surface area contributed by atoms with Crippen LogP contribution in [0.4, 0.5) is 14.5 Å². The van der Waals surface area contributed by atoms with E-state index in [1.807, 2.05) is 30.5 Å². The molecule has 218 valence electrons. The molecule has 43 heavy (non-hydrogen) atoms. The van der Waals surface area contributed by atoms with Gasteiger partial charge < -0.3 is 10.2 Å². The number of carbonyl (C=O) groups excluding carboxylic acids is 2. The van der Waals surface area contributed by atoms with Crippen LogP contribution < -0.4 is 10.2 Å². The van der Waals surface area contributed by atoms with E-state index in [0.717, 1.165) is 17.0 Å². The lowest BCUT2D eigenvalue weighted by molar-refractivity contribution is -0.116. The molecule has 0 radical (unpaired) electrons. The second-order valence-corrected chi connectivity index (χ2v) is 10.2. The van der Waals surface area contributed by atoms with Gasteiger partial charge in [-0.1, -0.05) is 54.1 Å². The summed E-state index contributed by atoms with van der Waals surface area (Å²) in [7, 11) is 0. The monoisotopic (exact) mass is 619 g/mol. The molecule has 0 atom stereocenters. The highest BCUT2D eigenvalue weighted by molar-refractivity contribution is 6.34. The predicted octanol–water partition coefficient (Wildman–Crippen LogP) is 6.88. The number of anilines is 1. The highest BCUT2D eigenvalue weighted by Gasteiger charge is 2.41. The van der Waals surface area contributed by atoms with Gasteiger partial charge in [0.25, 0.3) is 11.8 Å². The second-order valence-electron chi connectivity index (χ2n) is 9.82. The van der Waals surface area contributed by atoms with E-state index in [1.54, 1.807) is 65.5 Å². The zero-order valence-electron chi connectivity index (χ0n) is 22.6. The molecule has 1 aliphatic heterocycles. The van der Waals surface area contributed by atoms with Crippen molar-refractivity contribution in [3.63, 3.8) is 0 Å². The molecule has 2 amide bonds. The number of nitrogens with one attached hydrogen (secondary N) is 1. The second kappa shape index (κ2) is 12.3. The van der Waals surface area contributed by atoms with E-state index in [1.165, 1.54) is 11.0 Å². The van der Waals surface area contributed by atoms with Gasteiger partial charge in [0.1, 0.15) is 0 Å². The maximum atomic E-state index is 15.5. The molecule has 2 aromatic heterocycles. The van der Waals surface area contributed by atoms with Crippen LogP contribution in [0.1, 0.15) is 28.0 Å². The van der Waals surface area contributed by atoms with Crippen LogP contribution in [0, 0.1) is 0 Å². The lowest BCUT2D eigenvalue weighted by Gasteiger charge is -2.23. The van der Waals surface area contributed by atoms with Gasteiger partial charge in [0.05, 0.1) is 39.7 Å². The molecule has 3 aromatic carbocycles. The summed E-state index contributed by atoms with van der Waals surface area (Å²) in [5.74, 6) is -4.58. The molecule has 0 saturated carbocycles. The number of amides is 2. The number of nitrogens with zero attached hydrogens (tertiary/aromatic N) is 4. The normalized spacial score (nSPS) is 15.0. The zero-order chi connectivity index (χ0) is 29.3. The van der Waals surface area contributed by atoms with E-state index >= 15 is 8.78 Å². The summed E-state index contributed by atoms with van der Waals surface area (Å²) in [5, 5.41) is 8.27. The van der Waals surface area contributed by atoms with Gasteiger partial charge in [0.15, 0.2) is 0 Å². The van der Waals surface area contributed by atoms with E-state index in [-0.39, 0.29) is 47.3 Å². The molecule has 1 aliphatic rings. The summed E-state index contributed by atoms with van der Waals surface area (Å²) in [5.41, 5.74) is 2.12. The molecule has 0 bridgehead atoms. The third-order valence-electron chi connectivity index (χ3n) is 7.08. The largest absolute Gasteiger partial charge is 0.347 e. The molecule has 5 aromatic rings. The van der Waals surface area contributed by atoms with Crippen LogP contribution in [0.5, 0.6) is 0 Å². The number of allylic oxidation sites excluding steroid dienone is 1. The van der Waals surface area contributed by atoms with Crippen molar-refractivity contribution < 1.29 is 18.4 Å². The molecule has 7 nitrogen and oxygen atoms in total. The fraction of sp³-hybridized carbons (Fsp3) is 0.125. The van der Waals surface area contributed by atoms with Crippen molar-refractivity contribution in [3.05, 3.63) is 125 Å². The smallest absolute Gasteiger partial charge is 0.275 e. The van der Waals surface area contributed by atoms with Gasteiger partial charge in [-0.15, -0.1) is 12.4 Å². The summed E-state index contributed by atoms with van der Waals surface area (Å²) in [6.45, 7) is -0.192. The van der Waals surface area contributed by atoms with Gasteiger partial charge in [-0.3, -0.25) is 14.6 Å². The van der Waals surface area contributed by atoms with Crippen molar-refractivity contribution in [1.29, 1.82) is 0 Å². The third kappa shape index (κ3) is 6.14. The van der Waals surface area contributed by atoms with Crippen molar-refractivity contribution in [2.75, 3.05) is 11.4 Å². The van der Waals surface area contributed by atoms with Gasteiger partial charge >= 0.3 is 0 Å². The Morgan fingerprint density at radius 3 is 2.53 bits per heavy atom. The van der Waals surface area contributed by atoms with Gasteiger partial charge in [-0.05, 0) is 42.5 Å². The maximum absolute atomic E-state index is 15.5. The molecular weight excluding hydrogens is 595 g/mol. The number of hydrogen-bond acceptors (Lipinski definition) is 4. The molecule has 1 N–H and O–H groups in total. The maximum Gasteiger partial charge on any atom is 0.275 e. The van der Waals surface area contributed by atoms with Crippen LogP contribution in [0.25, 0.3) is 22.2 Å². The third-order valence-corrected chi connectivity index (χ3v) is 7.39. The van der Waals surface area contributed by atoms with Crippen LogP contribution in [0.2, 0.25) is 5.02 Å². The Balaban J connectivity index is 0.00000368. The number of alkyl halides is 2. The first-order valence-electron chi connectivity index (χ1n) is 13.2. The van der Waals surface area contributed by atoms with Crippen LogP contribution in [-0.4, -0.2) is 39.0 Å². The Kier molecular flexibility index (Phi) is 8.57. The Hall–Kier alpha value is -4.60. The Morgan fingerprint density at radius 2 is 1.77 bits per heavy atom. The summed E-state index contributed by atoms with van der Waals surface area (Å²) in [4.78, 5) is 31.9. The van der Waals surface area contributed by atoms with Crippen molar-refractivity contribution in [2.24, 2.45) is 0 Å². The first kappa shape index (κ1) is 29.9. The topological polar surface area (TPSA) is 80.1 Å². The minimum absolute atomic E-state index is 0. The minimum Gasteiger partial charge on any atom is -0.347 e. The predicted molar refractivity (Wildman–Crippen MR) is 165 cm³/mol. The fourth-order valence-electron chi connectivity index (χ4n) is 4.96. The van der Waals surface area contributed by atoms with Crippen LogP contribution in [0.15, 0.2) is 103 Å². The quantitative estimate of drug-likeness (QED) is 0.217. The summed E-state index contributed by atoms with van der Waals surface area (Å²) in [6.07, 6.45) is 3.67. The van der Waals surface area contributed by atoms with E-state index in [0.29, 0.717) is 11.4 Å². The number of aromatic nitrogens is 3. The summed E-state index contributed by atoms with van der Waals surface area (Å²) < 4.78 is 32.8. The van der Waals surface area contributed by atoms with Gasteiger partial charge in [0.2, 0.25) is 5.91 Å². The van der Waals surface area contributed by atoms with Gasteiger partial charge in [-0.25, -0.2) is 13.5 Å². The molecule has 6 rings (SSSR count). The molecule has 0 spiro atoms. The Morgan fingerprint density at radius 1 is 1.00 bits per heavy atom. The number of fused-ring (bicyclic) bond motifs is 2. The summed E-state index contributed by atoms with van der Waals surface area (Å²) in [6, 6.07) is 24.1. The van der Waals surface area contributed by atoms with Gasteiger partial charge in [0, 0.05) is 48.0 Å². The highest BCUT2D eigenvalue weighted by Crippen LogP contribution is 2.43. The van der Waals surface area contributed by atoms with Crippen molar-refractivity contribution in [2.45, 2.75) is 18.9 Å². The van der Waals surface area contributed by atoms with E-state index in [4.69, 9.17) is 11.6 Å². The summed E-state index contributed by atoms with van der Waals surface area (Å²) >= 11 is 6.59. The molecular formula is C32H25Cl2F2N5O2. The van der Waals surface area contributed by atoms with Gasteiger partial charge in [-0.2, -0.15) is 5.10 Å². The molecule has 0 fully saturated rings. The van der Waals surface area contributed by atoms with Crippen molar-refractivity contribution in [3.8, 4) is 5.69 Å². The molecule has 3 heterocycles. The first-order chi connectivity index (χ1) is 20.3. The van der Waals surface area contributed by atoms with Crippen molar-refractivity contribution in [1.82, 2.24) is 20.1 Å².